The van der Waals surface area contributed by atoms with Crippen molar-refractivity contribution >= 4 is 5.69 Å². The van der Waals surface area contributed by atoms with Crippen LogP contribution in [0.2, 0.25) is 0 Å². The minimum absolute atomic E-state index is 0.143. The van der Waals surface area contributed by atoms with E-state index in [2.05, 4.69) is 32.2 Å². The highest BCUT2D eigenvalue weighted by Crippen LogP contribution is 2.23. The van der Waals surface area contributed by atoms with Crippen LogP contribution in [0.1, 0.15) is 31.9 Å². The molecule has 0 spiro atoms. The lowest BCUT2D eigenvalue weighted by atomic mass is 10.1. The van der Waals surface area contributed by atoms with E-state index < -0.39 is 0 Å². The SMILES string of the molecule is CC(C)(C)NCCc1ccc(OCc2ccccc2)c(N)c1. The highest BCUT2D eigenvalue weighted by atomic mass is 16.5. The number of ether oxygens (including phenoxy) is 1. The Hall–Kier alpha value is -2.00. The Morgan fingerprint density at radius 2 is 1.73 bits per heavy atom. The Morgan fingerprint density at radius 3 is 2.36 bits per heavy atom. The third-order valence-electron chi connectivity index (χ3n) is 3.38. The van der Waals surface area contributed by atoms with Crippen molar-refractivity contribution in [1.82, 2.24) is 5.32 Å². The van der Waals surface area contributed by atoms with Gasteiger partial charge in [0, 0.05) is 5.54 Å². The molecule has 0 bridgehead atoms. The van der Waals surface area contributed by atoms with Gasteiger partial charge in [0.25, 0.3) is 0 Å². The zero-order valence-electron chi connectivity index (χ0n) is 13.7. The van der Waals surface area contributed by atoms with Crippen LogP contribution in [0.5, 0.6) is 5.75 Å². The summed E-state index contributed by atoms with van der Waals surface area (Å²) < 4.78 is 5.80. The average molecular weight is 298 g/mol. The molecule has 2 aromatic carbocycles. The van der Waals surface area contributed by atoms with Crippen molar-refractivity contribution < 1.29 is 4.74 Å². The van der Waals surface area contributed by atoms with Gasteiger partial charge in [-0.1, -0.05) is 36.4 Å². The van der Waals surface area contributed by atoms with E-state index in [1.165, 1.54) is 5.56 Å². The van der Waals surface area contributed by atoms with Crippen LogP contribution in [0.3, 0.4) is 0 Å². The molecule has 2 aromatic rings. The number of nitrogens with one attached hydrogen (secondary N) is 1. The number of rotatable bonds is 6. The van der Waals surface area contributed by atoms with Gasteiger partial charge in [-0.25, -0.2) is 0 Å². The molecule has 0 aliphatic rings. The molecule has 22 heavy (non-hydrogen) atoms. The summed E-state index contributed by atoms with van der Waals surface area (Å²) in [6, 6.07) is 16.2. The molecule has 0 aliphatic carbocycles. The van der Waals surface area contributed by atoms with E-state index in [1.54, 1.807) is 0 Å². The van der Waals surface area contributed by atoms with Crippen LogP contribution in [0.4, 0.5) is 5.69 Å². The van der Waals surface area contributed by atoms with Crippen molar-refractivity contribution in [3.05, 3.63) is 59.7 Å². The first kappa shape index (κ1) is 16.4. The predicted octanol–water partition coefficient (Wildman–Crippen LogP) is 3.78. The molecule has 3 nitrogen and oxygen atoms in total. The smallest absolute Gasteiger partial charge is 0.142 e. The average Bonchev–Trinajstić information content (AvgIpc) is 2.46. The molecular formula is C19H26N2O. The summed E-state index contributed by atoms with van der Waals surface area (Å²) in [4.78, 5) is 0. The lowest BCUT2D eigenvalue weighted by Crippen LogP contribution is -2.37. The summed E-state index contributed by atoms with van der Waals surface area (Å²) in [5.74, 6) is 0.747. The molecule has 0 unspecified atom stereocenters. The van der Waals surface area contributed by atoms with Gasteiger partial charge < -0.3 is 15.8 Å². The largest absolute Gasteiger partial charge is 0.487 e. The molecule has 0 atom stereocenters. The quantitative estimate of drug-likeness (QED) is 0.798. The molecule has 0 radical (unpaired) electrons. The van der Waals surface area contributed by atoms with Crippen molar-refractivity contribution in [2.75, 3.05) is 12.3 Å². The van der Waals surface area contributed by atoms with Crippen LogP contribution < -0.4 is 15.8 Å². The number of nitrogen functional groups attached to an aromatic ring is 1. The maximum atomic E-state index is 6.10. The van der Waals surface area contributed by atoms with Crippen LogP contribution >= 0.6 is 0 Å². The maximum absolute atomic E-state index is 6.10. The summed E-state index contributed by atoms with van der Waals surface area (Å²) in [5, 5.41) is 3.48. The molecule has 0 aliphatic heterocycles. The lowest BCUT2D eigenvalue weighted by Gasteiger charge is -2.20. The highest BCUT2D eigenvalue weighted by Gasteiger charge is 2.08. The molecule has 118 valence electrons. The first-order valence-corrected chi connectivity index (χ1v) is 7.74. The number of hydrogen-bond acceptors (Lipinski definition) is 3. The molecular weight excluding hydrogens is 272 g/mol. The van der Waals surface area contributed by atoms with Gasteiger partial charge in [-0.2, -0.15) is 0 Å². The molecule has 0 aromatic heterocycles. The van der Waals surface area contributed by atoms with E-state index >= 15 is 0 Å². The zero-order chi connectivity index (χ0) is 16.0. The second-order valence-corrected chi connectivity index (χ2v) is 6.57. The second-order valence-electron chi connectivity index (χ2n) is 6.57. The van der Waals surface area contributed by atoms with Crippen LogP contribution in [0.15, 0.2) is 48.5 Å². The van der Waals surface area contributed by atoms with Gasteiger partial charge >= 0.3 is 0 Å². The molecule has 0 fully saturated rings. The molecule has 3 heteroatoms. The lowest BCUT2D eigenvalue weighted by molar-refractivity contribution is 0.308. The molecule has 2 rings (SSSR count). The summed E-state index contributed by atoms with van der Waals surface area (Å²) >= 11 is 0. The fraction of sp³-hybridized carbons (Fsp3) is 0.368. The molecule has 0 saturated heterocycles. The monoisotopic (exact) mass is 298 g/mol. The number of anilines is 1. The van der Waals surface area contributed by atoms with Gasteiger partial charge in [-0.15, -0.1) is 0 Å². The van der Waals surface area contributed by atoms with E-state index in [1.807, 2.05) is 42.5 Å². The van der Waals surface area contributed by atoms with Crippen molar-refractivity contribution in [2.24, 2.45) is 0 Å². The number of benzene rings is 2. The van der Waals surface area contributed by atoms with Crippen molar-refractivity contribution in [3.63, 3.8) is 0 Å². The van der Waals surface area contributed by atoms with Gasteiger partial charge in [0.15, 0.2) is 0 Å². The highest BCUT2D eigenvalue weighted by molar-refractivity contribution is 5.54. The number of nitrogens with two attached hydrogens (primary N) is 1. The van der Waals surface area contributed by atoms with E-state index in [0.717, 1.165) is 24.3 Å². The second kappa shape index (κ2) is 7.32. The summed E-state index contributed by atoms with van der Waals surface area (Å²) in [7, 11) is 0. The first-order valence-electron chi connectivity index (χ1n) is 7.74. The van der Waals surface area contributed by atoms with Crippen molar-refractivity contribution in [2.45, 2.75) is 39.3 Å². The topological polar surface area (TPSA) is 47.3 Å². The standard InChI is InChI=1S/C19H26N2O/c1-19(2,3)21-12-11-15-9-10-18(17(20)13-15)22-14-16-7-5-4-6-8-16/h4-10,13,21H,11-12,14,20H2,1-3H3. The third kappa shape index (κ3) is 5.41. The predicted molar refractivity (Wildman–Crippen MR) is 93.1 cm³/mol. The van der Waals surface area contributed by atoms with Gasteiger partial charge in [0.2, 0.25) is 0 Å². The Labute approximate surface area is 133 Å². The zero-order valence-corrected chi connectivity index (χ0v) is 13.7. The fourth-order valence-corrected chi connectivity index (χ4v) is 2.20. The van der Waals surface area contributed by atoms with E-state index in [4.69, 9.17) is 10.5 Å². The summed E-state index contributed by atoms with van der Waals surface area (Å²) in [5.41, 5.74) is 9.30. The maximum Gasteiger partial charge on any atom is 0.142 e. The van der Waals surface area contributed by atoms with Gasteiger partial charge in [0.05, 0.1) is 5.69 Å². The van der Waals surface area contributed by atoms with Gasteiger partial charge in [-0.05, 0) is 57.0 Å². The van der Waals surface area contributed by atoms with E-state index in [9.17, 15) is 0 Å². The Morgan fingerprint density at radius 1 is 1.00 bits per heavy atom. The summed E-state index contributed by atoms with van der Waals surface area (Å²) in [6.07, 6.45) is 0.959. The Bertz CT molecular complexity index is 588. The van der Waals surface area contributed by atoms with Crippen LogP contribution in [-0.2, 0) is 13.0 Å². The summed E-state index contributed by atoms with van der Waals surface area (Å²) in [6.45, 7) is 7.98. The van der Waals surface area contributed by atoms with Crippen molar-refractivity contribution in [3.8, 4) is 5.75 Å². The van der Waals surface area contributed by atoms with Crippen LogP contribution in [0, 0.1) is 0 Å². The molecule has 0 saturated carbocycles. The van der Waals surface area contributed by atoms with Crippen LogP contribution in [-0.4, -0.2) is 12.1 Å². The molecule has 3 N–H and O–H groups in total. The van der Waals surface area contributed by atoms with Crippen LogP contribution in [0.25, 0.3) is 0 Å². The van der Waals surface area contributed by atoms with Crippen molar-refractivity contribution in [1.29, 1.82) is 0 Å². The fourth-order valence-electron chi connectivity index (χ4n) is 2.20. The Balaban J connectivity index is 1.89. The third-order valence-corrected chi connectivity index (χ3v) is 3.38. The number of hydrogen-bond donors (Lipinski definition) is 2. The van der Waals surface area contributed by atoms with Gasteiger partial charge in [0.1, 0.15) is 12.4 Å². The minimum Gasteiger partial charge on any atom is -0.487 e. The normalized spacial score (nSPS) is 11.4. The van der Waals surface area contributed by atoms with Gasteiger partial charge in [-0.3, -0.25) is 0 Å². The first-order chi connectivity index (χ1) is 10.4. The molecule has 0 amide bonds. The Kier molecular flexibility index (Phi) is 5.45. The van der Waals surface area contributed by atoms with E-state index in [-0.39, 0.29) is 5.54 Å². The van der Waals surface area contributed by atoms with E-state index in [0.29, 0.717) is 12.3 Å². The molecule has 0 heterocycles. The minimum atomic E-state index is 0.143.